The van der Waals surface area contributed by atoms with Crippen LogP contribution in [0, 0.1) is 6.92 Å². The zero-order chi connectivity index (χ0) is 18.0. The number of nitrogens with zero attached hydrogens (tertiary/aromatic N) is 3. The number of sulfonamides is 1. The van der Waals surface area contributed by atoms with Gasteiger partial charge in [-0.05, 0) is 61.5 Å². The van der Waals surface area contributed by atoms with Gasteiger partial charge < -0.3 is 5.32 Å². The molecule has 2 heterocycles. The lowest BCUT2D eigenvalue weighted by Gasteiger charge is -2.30. The lowest BCUT2D eigenvalue weighted by Crippen LogP contribution is -2.37. The van der Waals surface area contributed by atoms with E-state index in [1.807, 2.05) is 13.0 Å². The first-order chi connectivity index (χ1) is 11.9. The van der Waals surface area contributed by atoms with Crippen LogP contribution >= 0.6 is 11.5 Å². The van der Waals surface area contributed by atoms with Crippen LogP contribution in [0.3, 0.4) is 0 Å². The molecule has 0 saturated carbocycles. The maximum atomic E-state index is 12.4. The molecular weight excluding hydrogens is 360 g/mol. The topological polar surface area (TPSA) is 92.3 Å². The molecule has 25 heavy (non-hydrogen) atoms. The van der Waals surface area contributed by atoms with Gasteiger partial charge in [0.1, 0.15) is 4.88 Å². The van der Waals surface area contributed by atoms with Crippen LogP contribution in [0.4, 0.5) is 11.4 Å². The van der Waals surface area contributed by atoms with E-state index in [0.29, 0.717) is 34.9 Å². The van der Waals surface area contributed by atoms with E-state index in [9.17, 15) is 13.2 Å². The molecule has 0 atom stereocenters. The van der Waals surface area contributed by atoms with E-state index in [1.54, 1.807) is 19.1 Å². The zero-order valence-electron chi connectivity index (χ0n) is 14.2. The van der Waals surface area contributed by atoms with Gasteiger partial charge in [0.15, 0.2) is 0 Å². The minimum absolute atomic E-state index is 0.141. The fraction of sp³-hybridized carbons (Fsp3) is 0.438. The number of amides is 1. The van der Waals surface area contributed by atoms with Crippen molar-refractivity contribution >= 4 is 38.8 Å². The van der Waals surface area contributed by atoms with Crippen molar-refractivity contribution in [3.8, 4) is 0 Å². The first-order valence-corrected chi connectivity index (χ1v) is 10.5. The van der Waals surface area contributed by atoms with Gasteiger partial charge in [-0.15, -0.1) is 5.10 Å². The fourth-order valence-electron chi connectivity index (χ4n) is 2.93. The number of benzene rings is 1. The minimum Gasteiger partial charge on any atom is -0.321 e. The number of fused-ring (bicyclic) bond motifs is 1. The maximum Gasteiger partial charge on any atom is 0.269 e. The third kappa shape index (κ3) is 3.67. The first kappa shape index (κ1) is 17.8. The second-order valence-corrected chi connectivity index (χ2v) is 8.74. The SMILES string of the molecule is CCCS(=O)(=O)N1CCCc2cc(NC(=O)c3snnc3C)ccc21. The molecule has 1 aliphatic heterocycles. The van der Waals surface area contributed by atoms with Crippen LogP contribution in [0.2, 0.25) is 0 Å². The van der Waals surface area contributed by atoms with Gasteiger partial charge in [0.25, 0.3) is 5.91 Å². The molecular formula is C16H20N4O3S2. The molecule has 1 aromatic heterocycles. The predicted molar refractivity (Wildman–Crippen MR) is 98.8 cm³/mol. The van der Waals surface area contributed by atoms with Crippen LogP contribution in [-0.4, -0.2) is 36.2 Å². The van der Waals surface area contributed by atoms with Crippen LogP contribution in [0.25, 0.3) is 0 Å². The first-order valence-electron chi connectivity index (χ1n) is 8.16. The smallest absolute Gasteiger partial charge is 0.269 e. The van der Waals surface area contributed by atoms with Crippen molar-refractivity contribution in [2.75, 3.05) is 21.9 Å². The van der Waals surface area contributed by atoms with Crippen molar-refractivity contribution in [3.63, 3.8) is 0 Å². The summed E-state index contributed by atoms with van der Waals surface area (Å²) < 4.78 is 30.2. The Kier molecular flexibility index (Phi) is 5.05. The molecule has 0 bridgehead atoms. The number of anilines is 2. The summed E-state index contributed by atoms with van der Waals surface area (Å²) >= 11 is 1.05. The van der Waals surface area contributed by atoms with Gasteiger partial charge in [-0.25, -0.2) is 8.42 Å². The summed E-state index contributed by atoms with van der Waals surface area (Å²) in [6.07, 6.45) is 2.15. The highest BCUT2D eigenvalue weighted by Gasteiger charge is 2.27. The molecule has 1 N–H and O–H groups in total. The maximum absolute atomic E-state index is 12.4. The normalized spacial score (nSPS) is 14.2. The zero-order valence-corrected chi connectivity index (χ0v) is 15.8. The molecule has 7 nitrogen and oxygen atoms in total. The van der Waals surface area contributed by atoms with Gasteiger partial charge in [0.2, 0.25) is 10.0 Å². The Morgan fingerprint density at radius 2 is 2.20 bits per heavy atom. The monoisotopic (exact) mass is 380 g/mol. The molecule has 134 valence electrons. The minimum atomic E-state index is -3.29. The van der Waals surface area contributed by atoms with Gasteiger partial charge in [-0.2, -0.15) is 0 Å². The summed E-state index contributed by atoms with van der Waals surface area (Å²) in [5, 5.41) is 6.68. The van der Waals surface area contributed by atoms with Gasteiger partial charge in [-0.1, -0.05) is 11.4 Å². The fourth-order valence-corrected chi connectivity index (χ4v) is 5.10. The third-order valence-corrected chi connectivity index (χ3v) is 6.87. The van der Waals surface area contributed by atoms with Crippen molar-refractivity contribution in [3.05, 3.63) is 34.3 Å². The highest BCUT2D eigenvalue weighted by Crippen LogP contribution is 2.32. The highest BCUT2D eigenvalue weighted by atomic mass is 32.2. The van der Waals surface area contributed by atoms with Gasteiger partial charge in [0.05, 0.1) is 17.1 Å². The lowest BCUT2D eigenvalue weighted by atomic mass is 10.0. The van der Waals surface area contributed by atoms with E-state index in [-0.39, 0.29) is 11.7 Å². The number of aryl methyl sites for hydroxylation is 2. The van der Waals surface area contributed by atoms with Gasteiger partial charge in [-0.3, -0.25) is 9.10 Å². The van der Waals surface area contributed by atoms with Crippen LogP contribution in [0.15, 0.2) is 18.2 Å². The number of hydrogen-bond acceptors (Lipinski definition) is 6. The largest absolute Gasteiger partial charge is 0.321 e. The Balaban J connectivity index is 1.85. The summed E-state index contributed by atoms with van der Waals surface area (Å²) in [5.41, 5.74) is 2.89. The Morgan fingerprint density at radius 1 is 1.40 bits per heavy atom. The van der Waals surface area contributed by atoms with Crippen molar-refractivity contribution in [2.45, 2.75) is 33.1 Å². The number of aromatic nitrogens is 2. The summed E-state index contributed by atoms with van der Waals surface area (Å²) in [7, 11) is -3.29. The van der Waals surface area contributed by atoms with Gasteiger partial charge >= 0.3 is 0 Å². The summed E-state index contributed by atoms with van der Waals surface area (Å²) in [4.78, 5) is 12.8. The number of nitrogens with one attached hydrogen (secondary N) is 1. The summed E-state index contributed by atoms with van der Waals surface area (Å²) in [5.74, 6) is -0.110. The Hall–Kier alpha value is -2.00. The van der Waals surface area contributed by atoms with Crippen LogP contribution in [0.5, 0.6) is 0 Å². The molecule has 0 aliphatic carbocycles. The van der Waals surface area contributed by atoms with Crippen LogP contribution in [-0.2, 0) is 16.4 Å². The van der Waals surface area contributed by atoms with E-state index in [1.165, 1.54) is 4.31 Å². The molecule has 9 heteroatoms. The average Bonchev–Trinajstić information content (AvgIpc) is 3.00. The van der Waals surface area contributed by atoms with Crippen LogP contribution in [0.1, 0.15) is 40.7 Å². The van der Waals surface area contributed by atoms with Crippen LogP contribution < -0.4 is 9.62 Å². The molecule has 2 aromatic rings. The second kappa shape index (κ2) is 7.09. The third-order valence-electron chi connectivity index (χ3n) is 4.07. The Morgan fingerprint density at radius 3 is 2.88 bits per heavy atom. The Labute approximate surface area is 151 Å². The van der Waals surface area contributed by atoms with E-state index in [0.717, 1.165) is 29.9 Å². The molecule has 0 fully saturated rings. The number of rotatable bonds is 5. The highest BCUT2D eigenvalue weighted by molar-refractivity contribution is 7.92. The van der Waals surface area contributed by atoms with Crippen molar-refractivity contribution in [1.29, 1.82) is 0 Å². The molecule has 0 spiro atoms. The molecule has 1 aliphatic rings. The summed E-state index contributed by atoms with van der Waals surface area (Å²) in [6.45, 7) is 4.10. The van der Waals surface area contributed by atoms with E-state index in [4.69, 9.17) is 0 Å². The molecule has 1 amide bonds. The second-order valence-electron chi connectivity index (χ2n) is 5.98. The van der Waals surface area contributed by atoms with Gasteiger partial charge in [0, 0.05) is 12.2 Å². The average molecular weight is 380 g/mol. The molecule has 3 rings (SSSR count). The Bertz CT molecular complexity index is 893. The summed E-state index contributed by atoms with van der Waals surface area (Å²) in [6, 6.07) is 5.36. The van der Waals surface area contributed by atoms with E-state index < -0.39 is 10.0 Å². The number of carbonyl (C=O) groups is 1. The number of carbonyl (C=O) groups excluding carboxylic acids is 1. The quantitative estimate of drug-likeness (QED) is 0.861. The molecule has 0 unspecified atom stereocenters. The molecule has 0 saturated heterocycles. The van der Waals surface area contributed by atoms with Crippen molar-refractivity contribution in [1.82, 2.24) is 9.59 Å². The van der Waals surface area contributed by atoms with E-state index >= 15 is 0 Å². The van der Waals surface area contributed by atoms with E-state index in [2.05, 4.69) is 14.9 Å². The lowest BCUT2D eigenvalue weighted by molar-refractivity contribution is 0.103. The predicted octanol–water partition coefficient (Wildman–Crippen LogP) is 2.59. The standard InChI is InChI=1S/C16H20N4O3S2/c1-3-9-25(22,23)20-8-4-5-12-10-13(6-7-14(12)20)17-16(21)15-11(2)18-19-24-15/h6-7,10H,3-5,8-9H2,1-2H3,(H,17,21). The van der Waals surface area contributed by atoms with Crippen molar-refractivity contribution in [2.24, 2.45) is 0 Å². The number of hydrogen-bond donors (Lipinski definition) is 1. The molecule has 0 radical (unpaired) electrons. The van der Waals surface area contributed by atoms with Crippen molar-refractivity contribution < 1.29 is 13.2 Å². The molecule has 1 aromatic carbocycles.